The lowest BCUT2D eigenvalue weighted by Gasteiger charge is -2.42. The fraction of sp³-hybridized carbons (Fsp3) is 0.882. The van der Waals surface area contributed by atoms with Crippen molar-refractivity contribution in [3.05, 3.63) is 12.2 Å². The first-order chi connectivity index (χ1) is 8.92. The molecule has 0 amide bonds. The molecule has 0 aromatic carbocycles. The summed E-state index contributed by atoms with van der Waals surface area (Å²) in [6.45, 7) is 20.8. The number of rotatable bonds is 7. The predicted molar refractivity (Wildman–Crippen MR) is 103 cm³/mol. The predicted octanol–water partition coefficient (Wildman–Crippen LogP) is 6.30. The van der Waals surface area contributed by atoms with Crippen LogP contribution in [0.3, 0.4) is 0 Å². The lowest BCUT2D eigenvalue weighted by molar-refractivity contribution is 0.103. The molecule has 0 aliphatic rings. The first kappa shape index (κ1) is 20.6. The van der Waals surface area contributed by atoms with Gasteiger partial charge < -0.3 is 4.43 Å². The van der Waals surface area contributed by atoms with Crippen molar-refractivity contribution in [2.45, 2.75) is 72.7 Å². The summed E-state index contributed by atoms with van der Waals surface area (Å²) in [7, 11) is -1.70. The summed E-state index contributed by atoms with van der Waals surface area (Å²) in [6, 6.07) is 0. The Morgan fingerprint density at radius 2 is 1.55 bits per heavy atom. The molecule has 1 nitrogen and oxygen atoms in total. The van der Waals surface area contributed by atoms with Gasteiger partial charge in [0, 0.05) is 4.43 Å². The van der Waals surface area contributed by atoms with E-state index in [2.05, 4.69) is 96.3 Å². The molecule has 0 saturated heterocycles. The van der Waals surface area contributed by atoms with Crippen molar-refractivity contribution in [3.8, 4) is 0 Å². The van der Waals surface area contributed by atoms with Crippen molar-refractivity contribution in [3.63, 3.8) is 0 Å². The Morgan fingerprint density at radius 1 is 1.05 bits per heavy atom. The summed E-state index contributed by atoms with van der Waals surface area (Å²) in [5.74, 6) is 1.69. The Bertz CT molecular complexity index is 305. The normalized spacial score (nSPS) is 18.6. The zero-order valence-corrected chi connectivity index (χ0v) is 18.1. The summed E-state index contributed by atoms with van der Waals surface area (Å²) in [6.07, 6.45) is 5.00. The van der Waals surface area contributed by atoms with E-state index in [-0.39, 0.29) is 5.04 Å². The van der Waals surface area contributed by atoms with E-state index in [4.69, 9.17) is 4.43 Å². The second-order valence-corrected chi connectivity index (χ2v) is 13.6. The number of allylic oxidation sites excluding steroid dienone is 1. The van der Waals surface area contributed by atoms with Gasteiger partial charge in [0.05, 0.1) is 6.10 Å². The van der Waals surface area contributed by atoms with Crippen LogP contribution in [0.4, 0.5) is 0 Å². The average Bonchev–Trinajstić information content (AvgIpc) is 2.30. The molecule has 0 aromatic rings. The maximum atomic E-state index is 6.73. The van der Waals surface area contributed by atoms with Crippen LogP contribution in [-0.4, -0.2) is 18.8 Å². The Labute approximate surface area is 142 Å². The number of halogens is 1. The molecule has 0 rings (SSSR count). The minimum Gasteiger partial charge on any atom is -0.413 e. The monoisotopic (exact) mass is 410 g/mol. The first-order valence-corrected chi connectivity index (χ1v) is 12.3. The number of hydrogen-bond acceptors (Lipinski definition) is 1. The van der Waals surface area contributed by atoms with Crippen molar-refractivity contribution >= 4 is 30.9 Å². The van der Waals surface area contributed by atoms with Gasteiger partial charge in [0.25, 0.3) is 0 Å². The van der Waals surface area contributed by atoms with E-state index in [0.29, 0.717) is 23.9 Å². The van der Waals surface area contributed by atoms with Crippen LogP contribution in [0.5, 0.6) is 0 Å². The van der Waals surface area contributed by atoms with Gasteiger partial charge in [0.2, 0.25) is 0 Å². The van der Waals surface area contributed by atoms with Gasteiger partial charge in [-0.25, -0.2) is 0 Å². The molecule has 0 aliphatic heterocycles. The molecule has 0 fully saturated rings. The molecule has 3 heteroatoms. The molecule has 0 saturated carbocycles. The van der Waals surface area contributed by atoms with Crippen molar-refractivity contribution in [1.29, 1.82) is 0 Å². The van der Waals surface area contributed by atoms with E-state index in [0.717, 1.165) is 4.43 Å². The Balaban J connectivity index is 5.09. The lowest BCUT2D eigenvalue weighted by Crippen LogP contribution is -2.47. The molecule has 0 radical (unpaired) electrons. The van der Waals surface area contributed by atoms with E-state index < -0.39 is 8.32 Å². The van der Waals surface area contributed by atoms with Gasteiger partial charge in [0.1, 0.15) is 0 Å². The average molecular weight is 410 g/mol. The van der Waals surface area contributed by atoms with Crippen LogP contribution in [0.25, 0.3) is 0 Å². The molecule has 120 valence electrons. The molecule has 0 unspecified atom stereocenters. The van der Waals surface area contributed by atoms with E-state index in [9.17, 15) is 0 Å². The molecule has 3 atom stereocenters. The van der Waals surface area contributed by atoms with Gasteiger partial charge in [-0.3, -0.25) is 0 Å². The van der Waals surface area contributed by atoms with Gasteiger partial charge in [0.15, 0.2) is 8.32 Å². The molecular weight excluding hydrogens is 375 g/mol. The van der Waals surface area contributed by atoms with Crippen molar-refractivity contribution < 1.29 is 4.43 Å². The quantitative estimate of drug-likeness (QED) is 0.207. The maximum Gasteiger partial charge on any atom is 0.192 e. The minimum absolute atomic E-state index is 0.276. The fourth-order valence-electron chi connectivity index (χ4n) is 1.85. The van der Waals surface area contributed by atoms with Crippen LogP contribution in [0, 0.1) is 17.8 Å². The molecule has 0 spiro atoms. The van der Waals surface area contributed by atoms with Crippen LogP contribution >= 0.6 is 22.6 Å². The molecule has 0 heterocycles. The molecule has 0 N–H and O–H groups in total. The van der Waals surface area contributed by atoms with E-state index in [1.54, 1.807) is 0 Å². The van der Waals surface area contributed by atoms with Gasteiger partial charge in [-0.1, -0.05) is 83.2 Å². The second kappa shape index (κ2) is 8.32. The molecule has 0 bridgehead atoms. The standard InChI is InChI=1S/C17H35IOSi/c1-13(2)10-11-14(3)16(15(4)12-18)19-20(8,9)17(5,6)7/h10-11,13-16H,12H2,1-9H3/b11-10+/t14-,15-,16+/m0/s1. The number of alkyl halides is 1. The Hall–Kier alpha value is 0.647. The van der Waals surface area contributed by atoms with E-state index in [1.165, 1.54) is 0 Å². The molecule has 0 aliphatic carbocycles. The summed E-state index contributed by atoms with van der Waals surface area (Å²) >= 11 is 2.49. The van der Waals surface area contributed by atoms with E-state index in [1.807, 2.05) is 0 Å². The summed E-state index contributed by atoms with van der Waals surface area (Å²) in [4.78, 5) is 0. The maximum absolute atomic E-state index is 6.73. The van der Waals surface area contributed by atoms with Crippen LogP contribution in [0.1, 0.15) is 48.5 Å². The van der Waals surface area contributed by atoms with Crippen molar-refractivity contribution in [2.75, 3.05) is 4.43 Å². The highest BCUT2D eigenvalue weighted by molar-refractivity contribution is 14.1. The Kier molecular flexibility index (Phi) is 8.59. The first-order valence-electron chi connectivity index (χ1n) is 7.84. The van der Waals surface area contributed by atoms with Gasteiger partial charge in [-0.15, -0.1) is 0 Å². The highest BCUT2D eigenvalue weighted by Crippen LogP contribution is 2.39. The smallest absolute Gasteiger partial charge is 0.192 e. The van der Waals surface area contributed by atoms with Gasteiger partial charge >= 0.3 is 0 Å². The largest absolute Gasteiger partial charge is 0.413 e. The molecular formula is C17H35IOSi. The highest BCUT2D eigenvalue weighted by Gasteiger charge is 2.40. The third kappa shape index (κ3) is 6.61. The lowest BCUT2D eigenvalue weighted by atomic mass is 9.94. The fourth-order valence-corrected chi connectivity index (χ4v) is 3.84. The second-order valence-electron chi connectivity index (χ2n) is 7.96. The third-order valence-corrected chi connectivity index (χ3v) is 10.2. The van der Waals surface area contributed by atoms with Gasteiger partial charge in [-0.05, 0) is 35.9 Å². The van der Waals surface area contributed by atoms with Crippen LogP contribution < -0.4 is 0 Å². The summed E-state index contributed by atoms with van der Waals surface area (Å²) in [5.41, 5.74) is 0. The SMILES string of the molecule is CC(C)/C=C/[C@H](C)[C@@H](O[Si](C)(C)C(C)(C)C)[C@@H](C)CI. The zero-order valence-electron chi connectivity index (χ0n) is 15.0. The van der Waals surface area contributed by atoms with Crippen LogP contribution in [0.15, 0.2) is 12.2 Å². The molecule has 0 aromatic heterocycles. The van der Waals surface area contributed by atoms with Crippen LogP contribution in [-0.2, 0) is 4.43 Å². The Morgan fingerprint density at radius 3 is 1.90 bits per heavy atom. The van der Waals surface area contributed by atoms with Gasteiger partial charge in [-0.2, -0.15) is 0 Å². The minimum atomic E-state index is -1.70. The van der Waals surface area contributed by atoms with E-state index >= 15 is 0 Å². The highest BCUT2D eigenvalue weighted by atomic mass is 127. The molecule has 20 heavy (non-hydrogen) atoms. The van der Waals surface area contributed by atoms with Crippen molar-refractivity contribution in [1.82, 2.24) is 0 Å². The summed E-state index contributed by atoms with van der Waals surface area (Å²) < 4.78 is 7.88. The summed E-state index contributed by atoms with van der Waals surface area (Å²) in [5, 5.41) is 0.276. The zero-order chi connectivity index (χ0) is 16.1. The topological polar surface area (TPSA) is 9.23 Å². The van der Waals surface area contributed by atoms with Crippen molar-refractivity contribution in [2.24, 2.45) is 17.8 Å². The number of hydrogen-bond donors (Lipinski definition) is 0. The van der Waals surface area contributed by atoms with Crippen LogP contribution in [0.2, 0.25) is 18.1 Å². The third-order valence-electron chi connectivity index (χ3n) is 4.36.